The minimum absolute atomic E-state index is 0.0619. The highest BCUT2D eigenvalue weighted by Crippen LogP contribution is 2.41. The number of nitrogens with zero attached hydrogens (tertiary/aromatic N) is 2. The van der Waals surface area contributed by atoms with E-state index < -0.39 is 22.4 Å². The largest absolute Gasteiger partial charge is 0.418 e. The van der Waals surface area contributed by atoms with Crippen molar-refractivity contribution in [2.24, 2.45) is 0 Å². The van der Waals surface area contributed by atoms with Gasteiger partial charge in [-0.2, -0.15) is 13.2 Å². The van der Waals surface area contributed by atoms with Gasteiger partial charge in [0.1, 0.15) is 0 Å². The van der Waals surface area contributed by atoms with Gasteiger partial charge in [0.2, 0.25) is 0 Å². The third-order valence-corrected chi connectivity index (χ3v) is 3.45. The standard InChI is InChI=1S/C12H4Cl3F3N2O2/c13-6-2-7(14)10(8(15)3-6)11-9(20(21)22)1-5(4-19-11)12(16,17)18/h1-4H. The average Bonchev–Trinajstić information content (AvgIpc) is 2.36. The molecule has 0 fully saturated rings. The highest BCUT2D eigenvalue weighted by Gasteiger charge is 2.34. The number of benzene rings is 1. The first-order valence-electron chi connectivity index (χ1n) is 5.48. The molecule has 1 aromatic heterocycles. The van der Waals surface area contributed by atoms with Crippen LogP contribution in [0.1, 0.15) is 5.56 Å². The monoisotopic (exact) mass is 370 g/mol. The molecule has 0 atom stereocenters. The van der Waals surface area contributed by atoms with Crippen LogP contribution in [0.25, 0.3) is 11.3 Å². The first kappa shape index (κ1) is 16.8. The van der Waals surface area contributed by atoms with Crippen molar-refractivity contribution in [1.29, 1.82) is 0 Å². The van der Waals surface area contributed by atoms with Gasteiger partial charge in [0.15, 0.2) is 5.69 Å². The summed E-state index contributed by atoms with van der Waals surface area (Å²) in [5.41, 5.74) is -2.54. The summed E-state index contributed by atoms with van der Waals surface area (Å²) < 4.78 is 37.9. The number of aromatic nitrogens is 1. The van der Waals surface area contributed by atoms with Crippen molar-refractivity contribution in [1.82, 2.24) is 4.98 Å². The summed E-state index contributed by atoms with van der Waals surface area (Å²) in [6.45, 7) is 0. The summed E-state index contributed by atoms with van der Waals surface area (Å²) in [4.78, 5) is 13.6. The highest BCUT2D eigenvalue weighted by atomic mass is 35.5. The topological polar surface area (TPSA) is 56.0 Å². The molecule has 10 heteroatoms. The molecule has 0 unspecified atom stereocenters. The third kappa shape index (κ3) is 3.26. The molecule has 0 aliphatic carbocycles. The number of halogens is 6. The fraction of sp³-hybridized carbons (Fsp3) is 0.0833. The van der Waals surface area contributed by atoms with Gasteiger partial charge in [-0.15, -0.1) is 0 Å². The van der Waals surface area contributed by atoms with Gasteiger partial charge in [0.25, 0.3) is 5.69 Å². The Morgan fingerprint density at radius 3 is 2.09 bits per heavy atom. The van der Waals surface area contributed by atoms with Crippen LogP contribution in [0.3, 0.4) is 0 Å². The maximum Gasteiger partial charge on any atom is 0.418 e. The molecule has 0 bridgehead atoms. The predicted octanol–water partition coefficient (Wildman–Crippen LogP) is 5.64. The summed E-state index contributed by atoms with van der Waals surface area (Å²) in [6, 6.07) is 2.89. The van der Waals surface area contributed by atoms with Crippen molar-refractivity contribution in [3.8, 4) is 11.3 Å². The zero-order valence-corrected chi connectivity index (χ0v) is 12.6. The Balaban J connectivity index is 2.74. The van der Waals surface area contributed by atoms with Crippen LogP contribution in [0.5, 0.6) is 0 Å². The molecule has 0 radical (unpaired) electrons. The van der Waals surface area contributed by atoms with Gasteiger partial charge in [-0.25, -0.2) is 4.98 Å². The second-order valence-corrected chi connectivity index (χ2v) is 5.34. The predicted molar refractivity (Wildman–Crippen MR) is 76.4 cm³/mol. The lowest BCUT2D eigenvalue weighted by Gasteiger charge is -2.10. The molecule has 0 saturated carbocycles. The van der Waals surface area contributed by atoms with Crippen molar-refractivity contribution >= 4 is 40.5 Å². The highest BCUT2D eigenvalue weighted by molar-refractivity contribution is 6.41. The normalized spacial score (nSPS) is 11.5. The third-order valence-electron chi connectivity index (χ3n) is 2.64. The Morgan fingerprint density at radius 2 is 1.64 bits per heavy atom. The van der Waals surface area contributed by atoms with Crippen molar-refractivity contribution < 1.29 is 18.1 Å². The average molecular weight is 372 g/mol. The first-order valence-corrected chi connectivity index (χ1v) is 6.61. The van der Waals surface area contributed by atoms with Gasteiger partial charge < -0.3 is 0 Å². The number of pyridine rings is 1. The minimum atomic E-state index is -4.76. The van der Waals surface area contributed by atoms with E-state index in [0.717, 1.165) is 0 Å². The van der Waals surface area contributed by atoms with Gasteiger partial charge in [-0.1, -0.05) is 34.8 Å². The van der Waals surface area contributed by atoms with E-state index in [1.807, 2.05) is 0 Å². The van der Waals surface area contributed by atoms with E-state index in [1.54, 1.807) is 0 Å². The fourth-order valence-corrected chi connectivity index (χ4v) is 2.70. The van der Waals surface area contributed by atoms with Crippen LogP contribution in [0.4, 0.5) is 18.9 Å². The summed E-state index contributed by atoms with van der Waals surface area (Å²) in [5, 5.41) is 11.1. The maximum atomic E-state index is 12.6. The zero-order valence-electron chi connectivity index (χ0n) is 10.3. The second-order valence-electron chi connectivity index (χ2n) is 4.09. The van der Waals surface area contributed by atoms with Crippen LogP contribution < -0.4 is 0 Å². The molecule has 4 nitrogen and oxygen atoms in total. The lowest BCUT2D eigenvalue weighted by Crippen LogP contribution is -2.07. The fourth-order valence-electron chi connectivity index (χ4n) is 1.71. The van der Waals surface area contributed by atoms with Gasteiger partial charge in [-0.3, -0.25) is 10.1 Å². The molecule has 2 aromatic rings. The minimum Gasteiger partial charge on any atom is -0.258 e. The van der Waals surface area contributed by atoms with Crippen molar-refractivity contribution in [3.63, 3.8) is 0 Å². The van der Waals surface area contributed by atoms with Crippen LogP contribution in [0.2, 0.25) is 15.1 Å². The lowest BCUT2D eigenvalue weighted by atomic mass is 10.1. The number of hydrogen-bond acceptors (Lipinski definition) is 3. The molecule has 0 N–H and O–H groups in total. The van der Waals surface area contributed by atoms with E-state index in [-0.39, 0.29) is 26.3 Å². The Kier molecular flexibility index (Phi) is 4.51. The van der Waals surface area contributed by atoms with Gasteiger partial charge >= 0.3 is 6.18 Å². The quantitative estimate of drug-likeness (QED) is 0.507. The van der Waals surface area contributed by atoms with Gasteiger partial charge in [0, 0.05) is 22.8 Å². The Bertz CT molecular complexity index is 743. The summed E-state index contributed by atoms with van der Waals surface area (Å²) in [5.74, 6) is 0. The molecule has 2 rings (SSSR count). The van der Waals surface area contributed by atoms with Crippen molar-refractivity contribution in [2.75, 3.05) is 0 Å². The molecule has 1 heterocycles. The van der Waals surface area contributed by atoms with E-state index in [2.05, 4.69) is 4.98 Å². The van der Waals surface area contributed by atoms with Crippen molar-refractivity contribution in [2.45, 2.75) is 6.18 Å². The van der Waals surface area contributed by atoms with Crippen molar-refractivity contribution in [3.05, 3.63) is 55.1 Å². The Morgan fingerprint density at radius 1 is 1.09 bits per heavy atom. The molecule has 0 saturated heterocycles. The smallest absolute Gasteiger partial charge is 0.258 e. The molecule has 22 heavy (non-hydrogen) atoms. The summed E-state index contributed by atoms with van der Waals surface area (Å²) in [6.07, 6.45) is -4.28. The van der Waals surface area contributed by atoms with Crippen LogP contribution >= 0.6 is 34.8 Å². The van der Waals surface area contributed by atoms with Gasteiger partial charge in [-0.05, 0) is 12.1 Å². The van der Waals surface area contributed by atoms with E-state index in [1.165, 1.54) is 12.1 Å². The van der Waals surface area contributed by atoms with Crippen LogP contribution in [0, 0.1) is 10.1 Å². The first-order chi connectivity index (χ1) is 10.1. The molecular weight excluding hydrogens is 367 g/mol. The molecule has 116 valence electrons. The number of hydrogen-bond donors (Lipinski definition) is 0. The molecule has 0 amide bonds. The van der Waals surface area contributed by atoms with E-state index >= 15 is 0 Å². The Hall–Kier alpha value is -1.57. The van der Waals surface area contributed by atoms with E-state index in [9.17, 15) is 23.3 Å². The summed E-state index contributed by atoms with van der Waals surface area (Å²) >= 11 is 17.6. The molecule has 0 aliphatic heterocycles. The van der Waals surface area contributed by atoms with Gasteiger partial charge in [0.05, 0.1) is 20.5 Å². The van der Waals surface area contributed by atoms with Crippen LogP contribution in [0.15, 0.2) is 24.4 Å². The van der Waals surface area contributed by atoms with E-state index in [4.69, 9.17) is 34.8 Å². The zero-order chi connectivity index (χ0) is 16.7. The van der Waals surface area contributed by atoms with Crippen LogP contribution in [-0.4, -0.2) is 9.91 Å². The number of alkyl halides is 3. The molecular formula is C12H4Cl3F3N2O2. The second kappa shape index (κ2) is 5.91. The summed E-state index contributed by atoms with van der Waals surface area (Å²) in [7, 11) is 0. The maximum absolute atomic E-state index is 12.6. The number of nitro groups is 1. The molecule has 1 aromatic carbocycles. The van der Waals surface area contributed by atoms with Crippen LogP contribution in [-0.2, 0) is 6.18 Å². The Labute approximate surface area is 136 Å². The SMILES string of the molecule is O=[N+]([O-])c1cc(C(F)(F)F)cnc1-c1c(Cl)cc(Cl)cc1Cl. The molecule has 0 aliphatic rings. The molecule has 0 spiro atoms. The van der Waals surface area contributed by atoms with E-state index in [0.29, 0.717) is 12.3 Å². The lowest BCUT2D eigenvalue weighted by molar-refractivity contribution is -0.384. The number of rotatable bonds is 2.